The number of aromatic nitrogens is 4. The van der Waals surface area contributed by atoms with Crippen LogP contribution in [0, 0.1) is 13.8 Å². The van der Waals surface area contributed by atoms with Gasteiger partial charge in [0.1, 0.15) is 53.3 Å². The fourth-order valence-electron chi connectivity index (χ4n) is 11.9. The van der Waals surface area contributed by atoms with Gasteiger partial charge in [-0.2, -0.15) is 0 Å². The number of hydrogen-bond acceptors (Lipinski definition) is 15. The number of ether oxygens (including phenoxy) is 6. The molecule has 4 saturated heterocycles. The first-order valence-electron chi connectivity index (χ1n) is 26.9. The summed E-state index contributed by atoms with van der Waals surface area (Å²) >= 11 is 0. The molecule has 6 heterocycles. The molecule has 0 radical (unpaired) electrons. The molecule has 19 nitrogen and oxygen atoms in total. The van der Waals surface area contributed by atoms with E-state index < -0.39 is 97.9 Å². The first-order valence-corrected chi connectivity index (χ1v) is 30.3. The highest BCUT2D eigenvalue weighted by atomic mass is 31.2. The maximum Gasteiger partial charge on any atom is 0.475 e. The first-order chi connectivity index (χ1) is 38.9. The number of rotatable bonds is 17. The SMILES string of the molecule is COc1ccc(C(OC[C@@]23CO[C@@H]([C@H](n4cc(C)c(=O)[nH]c4=O)O2)[C@@H]3O[P@]2(=O)OCC[C@H]([C@@H]3O[C@@H](n4cc(C)c(=O)[nH]c4=O)C[C@@H]3O[Si](c3ccccc3)(c3ccccc3)C(C)(C)C)O2)(c2ccccc2)c2ccc(OC)cc2)cc1. The zero-order valence-corrected chi connectivity index (χ0v) is 47.9. The van der Waals surface area contributed by atoms with Crippen LogP contribution >= 0.6 is 7.82 Å². The maximum absolute atomic E-state index is 15.8. The Kier molecular flexibility index (Phi) is 15.3. The van der Waals surface area contributed by atoms with Crippen molar-refractivity contribution >= 4 is 26.5 Å². The lowest BCUT2D eigenvalue weighted by Gasteiger charge is -2.46. The fraction of sp³-hybridized carbons (Fsp3) is 0.367. The highest BCUT2D eigenvalue weighted by Crippen LogP contribution is 2.61. The Morgan fingerprint density at radius 1 is 0.691 bits per heavy atom. The molecular weight excluding hydrogens is 1080 g/mol. The summed E-state index contributed by atoms with van der Waals surface area (Å²) in [5, 5.41) is 1.50. The van der Waals surface area contributed by atoms with E-state index in [0.29, 0.717) is 28.2 Å². The number of H-pyrrole nitrogens is 2. The van der Waals surface area contributed by atoms with E-state index in [1.54, 1.807) is 28.1 Å². The van der Waals surface area contributed by atoms with Crippen LogP contribution in [0.25, 0.3) is 0 Å². The Bertz CT molecular complexity index is 3580. The lowest BCUT2D eigenvalue weighted by molar-refractivity contribution is -0.204. The third-order valence-electron chi connectivity index (χ3n) is 15.9. The lowest BCUT2D eigenvalue weighted by atomic mass is 9.79. The number of nitrogens with one attached hydrogen (secondary N) is 2. The van der Waals surface area contributed by atoms with E-state index in [1.807, 2.05) is 115 Å². The zero-order valence-electron chi connectivity index (χ0n) is 46.0. The number of phosphoric acid groups is 1. The van der Waals surface area contributed by atoms with Gasteiger partial charge in [0.25, 0.3) is 19.4 Å². The van der Waals surface area contributed by atoms with E-state index in [0.717, 1.165) is 15.9 Å². The number of fused-ring (bicyclic) bond motifs is 2. The summed E-state index contributed by atoms with van der Waals surface area (Å²) in [6.45, 7) is 9.04. The minimum atomic E-state index is -4.72. The molecular formula is C60H65N4O15PSi. The number of nitrogens with zero attached hydrogens (tertiary/aromatic N) is 2. The molecule has 4 aliphatic rings. The van der Waals surface area contributed by atoms with Crippen LogP contribution in [0.3, 0.4) is 0 Å². The Balaban J connectivity index is 0.988. The Hall–Kier alpha value is -6.81. The second-order valence-electron chi connectivity index (χ2n) is 21.9. The van der Waals surface area contributed by atoms with E-state index in [-0.39, 0.29) is 38.2 Å². The molecule has 7 aromatic rings. The maximum atomic E-state index is 15.8. The van der Waals surface area contributed by atoms with Crippen LogP contribution in [-0.4, -0.2) is 97.6 Å². The minimum absolute atomic E-state index is 0.118. The predicted octanol–water partition coefficient (Wildman–Crippen LogP) is 6.93. The molecule has 11 rings (SSSR count). The number of aryl methyl sites for hydroxylation is 2. The zero-order chi connectivity index (χ0) is 56.9. The van der Waals surface area contributed by atoms with Crippen LogP contribution in [-0.2, 0) is 47.1 Å². The third-order valence-corrected chi connectivity index (χ3v) is 22.5. The molecule has 0 amide bonds. The molecule has 5 aromatic carbocycles. The average molecular weight is 1140 g/mol. The normalized spacial score (nSPS) is 25.7. The van der Waals surface area contributed by atoms with Gasteiger partial charge in [-0.1, -0.05) is 136 Å². The fourth-order valence-corrected chi connectivity index (χ4v) is 18.2. The first kappa shape index (κ1) is 56.1. The van der Waals surface area contributed by atoms with Crippen LogP contribution in [0.4, 0.5) is 0 Å². The molecule has 4 aliphatic heterocycles. The summed E-state index contributed by atoms with van der Waals surface area (Å²) in [5.41, 5.74) is -2.87. The Morgan fingerprint density at radius 3 is 1.75 bits per heavy atom. The molecule has 21 heteroatoms. The number of benzene rings is 5. The molecule has 0 saturated carbocycles. The lowest BCUT2D eigenvalue weighted by Crippen LogP contribution is -2.68. The molecule has 9 atom stereocenters. The van der Waals surface area contributed by atoms with Crippen molar-refractivity contribution in [3.05, 3.63) is 221 Å². The Morgan fingerprint density at radius 2 is 1.21 bits per heavy atom. The molecule has 2 bridgehead atoms. The molecule has 0 aliphatic carbocycles. The quantitative estimate of drug-likeness (QED) is 0.0537. The van der Waals surface area contributed by atoms with Crippen molar-refractivity contribution in [1.82, 2.24) is 19.1 Å². The number of phosphoric ester groups is 1. The van der Waals surface area contributed by atoms with Crippen molar-refractivity contribution in [1.29, 1.82) is 0 Å². The van der Waals surface area contributed by atoms with Crippen molar-refractivity contribution in [2.75, 3.05) is 34.0 Å². The van der Waals surface area contributed by atoms with Gasteiger partial charge in [-0.15, -0.1) is 0 Å². The van der Waals surface area contributed by atoms with E-state index in [9.17, 15) is 19.2 Å². The summed E-state index contributed by atoms with van der Waals surface area (Å²) in [6, 6.07) is 44.8. The summed E-state index contributed by atoms with van der Waals surface area (Å²) in [6.07, 6.45) is -4.31. The van der Waals surface area contributed by atoms with Crippen LogP contribution in [0.5, 0.6) is 11.5 Å². The van der Waals surface area contributed by atoms with E-state index in [2.05, 4.69) is 55.0 Å². The van der Waals surface area contributed by atoms with Gasteiger partial charge in [-0.3, -0.25) is 42.3 Å². The molecule has 2 aromatic heterocycles. The van der Waals surface area contributed by atoms with E-state index in [1.165, 1.54) is 21.5 Å². The van der Waals surface area contributed by atoms with E-state index >= 15 is 4.57 Å². The van der Waals surface area contributed by atoms with Gasteiger partial charge in [0.05, 0.1) is 40.1 Å². The second kappa shape index (κ2) is 22.2. The molecule has 81 heavy (non-hydrogen) atoms. The smallest absolute Gasteiger partial charge is 0.475 e. The molecule has 0 unspecified atom stereocenters. The standard InChI is InChI=1S/C60H65N4O15PSi/c1-38-34-63(56(67)61-53(38)65)49-33-48(79-81(58(3,4)5,45-19-13-9-14-20-45)46-21-15-10-16-22-46)50(75-49)47-31-32-74-80(69,77-47)78-52-51-55(64-35-39(2)54(66)62-57(64)68)76-59(52,36-72-51)37-73-60(40-17-11-8-12-18-40,41-23-27-43(70-6)28-24-41)42-25-29-44(71-7)30-26-42/h8-30,34-35,47-52,55H,31-33,36-37H2,1-7H3,(H,61,65,67)(H,62,66,68)/t47-,48+,49-,50+,51-,52+,55-,59-,80-/m1/s1. The van der Waals surface area contributed by atoms with Crippen LogP contribution in [0.2, 0.25) is 5.04 Å². The highest BCUT2D eigenvalue weighted by Gasteiger charge is 2.67. The number of hydrogen-bond donors (Lipinski definition) is 2. The Labute approximate surface area is 468 Å². The van der Waals surface area contributed by atoms with E-state index in [4.69, 9.17) is 46.4 Å². The van der Waals surface area contributed by atoms with Crippen LogP contribution in [0.15, 0.2) is 171 Å². The minimum Gasteiger partial charge on any atom is -0.497 e. The monoisotopic (exact) mass is 1140 g/mol. The topological polar surface area (TPSA) is 219 Å². The van der Waals surface area contributed by atoms with Gasteiger partial charge in [-0.05, 0) is 70.2 Å². The second-order valence-corrected chi connectivity index (χ2v) is 27.8. The van der Waals surface area contributed by atoms with Gasteiger partial charge in [0, 0.05) is 36.4 Å². The van der Waals surface area contributed by atoms with Crippen LogP contribution < -0.4 is 42.3 Å². The van der Waals surface area contributed by atoms with Gasteiger partial charge >= 0.3 is 19.2 Å². The van der Waals surface area contributed by atoms with Crippen molar-refractivity contribution in [3.63, 3.8) is 0 Å². The van der Waals surface area contributed by atoms with Crippen molar-refractivity contribution in [2.24, 2.45) is 0 Å². The summed E-state index contributed by atoms with van der Waals surface area (Å²) in [7, 11) is -4.90. The highest BCUT2D eigenvalue weighted by molar-refractivity contribution is 7.48. The summed E-state index contributed by atoms with van der Waals surface area (Å²) < 4.78 is 84.7. The number of aromatic amines is 2. The molecule has 424 valence electrons. The van der Waals surface area contributed by atoms with Crippen molar-refractivity contribution in [2.45, 2.75) is 107 Å². The van der Waals surface area contributed by atoms with Crippen molar-refractivity contribution in [3.8, 4) is 11.5 Å². The largest absolute Gasteiger partial charge is 0.497 e. The number of methoxy groups -OCH3 is 2. The van der Waals surface area contributed by atoms with Gasteiger partial charge in [0.2, 0.25) is 0 Å². The van der Waals surface area contributed by atoms with Gasteiger partial charge in [0.15, 0.2) is 6.23 Å². The summed E-state index contributed by atoms with van der Waals surface area (Å²) in [4.78, 5) is 57.6. The average Bonchev–Trinajstić information content (AvgIpc) is 4.21. The van der Waals surface area contributed by atoms with Gasteiger partial charge < -0.3 is 32.8 Å². The predicted molar refractivity (Wildman–Crippen MR) is 302 cm³/mol. The van der Waals surface area contributed by atoms with Crippen LogP contribution in [0.1, 0.15) is 73.9 Å². The molecule has 2 N–H and O–H groups in total. The summed E-state index contributed by atoms with van der Waals surface area (Å²) in [5.74, 6) is 1.24. The third kappa shape index (κ3) is 10.3. The van der Waals surface area contributed by atoms with Crippen molar-refractivity contribution < 1.29 is 51.0 Å². The molecule has 0 spiro atoms. The van der Waals surface area contributed by atoms with Gasteiger partial charge in [-0.25, -0.2) is 14.2 Å². The molecule has 4 fully saturated rings.